The molecule has 0 radical (unpaired) electrons. The lowest BCUT2D eigenvalue weighted by molar-refractivity contribution is 0.365. The summed E-state index contributed by atoms with van der Waals surface area (Å²) in [6.45, 7) is 6.48. The summed E-state index contributed by atoms with van der Waals surface area (Å²) in [5.74, 6) is 0.622. The van der Waals surface area contributed by atoms with Crippen LogP contribution in [0.3, 0.4) is 0 Å². The Morgan fingerprint density at radius 2 is 1.80 bits per heavy atom. The van der Waals surface area contributed by atoms with Crippen LogP contribution in [0.25, 0.3) is 0 Å². The summed E-state index contributed by atoms with van der Waals surface area (Å²) in [5, 5.41) is 3.73. The maximum Gasteiger partial charge on any atom is 0.0454 e. The summed E-state index contributed by atoms with van der Waals surface area (Å²) < 4.78 is 0. The molecule has 0 heterocycles. The van der Waals surface area contributed by atoms with E-state index in [1.54, 1.807) is 0 Å². The third-order valence-electron chi connectivity index (χ3n) is 2.56. The molecule has 0 fully saturated rings. The van der Waals surface area contributed by atoms with Gasteiger partial charge >= 0.3 is 0 Å². The van der Waals surface area contributed by atoms with E-state index in [0.717, 1.165) is 10.2 Å². The molecule has 0 aromatic rings. The van der Waals surface area contributed by atoms with Gasteiger partial charge in [0.2, 0.25) is 0 Å². The first-order chi connectivity index (χ1) is 4.45. The van der Waals surface area contributed by atoms with Crippen molar-refractivity contribution in [2.75, 3.05) is 7.05 Å². The predicted octanol–water partition coefficient (Wildman–Crippen LogP) is 0.551. The van der Waals surface area contributed by atoms with Crippen LogP contribution in [0.2, 0.25) is 0 Å². The molecule has 0 aliphatic carbocycles. The van der Waals surface area contributed by atoms with Crippen molar-refractivity contribution >= 4 is 21.8 Å². The molecule has 0 aromatic carbocycles. The molecule has 2 atom stereocenters. The molecule has 2 unspecified atom stereocenters. The van der Waals surface area contributed by atoms with Gasteiger partial charge in [0.05, 0.1) is 0 Å². The van der Waals surface area contributed by atoms with Crippen molar-refractivity contribution in [2.45, 2.75) is 31.3 Å². The van der Waals surface area contributed by atoms with Gasteiger partial charge in [-0.2, -0.15) is 0 Å². The molecule has 0 aliphatic rings. The maximum absolute atomic E-state index is 6.05. The summed E-state index contributed by atoms with van der Waals surface area (Å²) in [6.07, 6.45) is 0. The fourth-order valence-corrected chi connectivity index (χ4v) is 1.31. The number of rotatable bonds is 3. The van der Waals surface area contributed by atoms with Crippen LogP contribution in [0.1, 0.15) is 20.8 Å². The minimum atomic E-state index is 0.196. The summed E-state index contributed by atoms with van der Waals surface area (Å²) >= 11 is 6.05. The highest BCUT2D eigenvalue weighted by atomic mass is 35.5. The Bertz CT molecular complexity index is 95.8. The molecular weight excluding hydrogens is 162 g/mol. The van der Waals surface area contributed by atoms with Crippen LogP contribution in [-0.2, 0) is 0 Å². The van der Waals surface area contributed by atoms with E-state index in [0.29, 0.717) is 5.92 Å². The molecule has 62 valence electrons. The van der Waals surface area contributed by atoms with Gasteiger partial charge in [-0.3, -0.25) is 0 Å². The molecular formula is C7H18ClNSi. The Balaban J connectivity index is 4.23. The second kappa shape index (κ2) is 3.74. The lowest BCUT2D eigenvalue weighted by atomic mass is 10.0. The normalized spacial score (nSPS) is 21.0. The van der Waals surface area contributed by atoms with E-state index < -0.39 is 0 Å². The zero-order valence-electron chi connectivity index (χ0n) is 7.53. The van der Waals surface area contributed by atoms with Gasteiger partial charge in [0, 0.05) is 20.8 Å². The van der Waals surface area contributed by atoms with Gasteiger partial charge in [-0.15, -0.1) is 11.6 Å². The largest absolute Gasteiger partial charge is 0.316 e. The first-order valence-electron chi connectivity index (χ1n) is 3.78. The quantitative estimate of drug-likeness (QED) is 0.493. The summed E-state index contributed by atoms with van der Waals surface area (Å²) in [6, 6.07) is 0. The molecule has 0 rings (SSSR count). The van der Waals surface area contributed by atoms with Crippen LogP contribution in [0.4, 0.5) is 0 Å². The van der Waals surface area contributed by atoms with Crippen LogP contribution in [0.15, 0.2) is 0 Å². The van der Waals surface area contributed by atoms with E-state index in [9.17, 15) is 0 Å². The van der Waals surface area contributed by atoms with E-state index in [1.807, 2.05) is 7.05 Å². The third kappa shape index (κ3) is 1.97. The number of hydrogen-bond acceptors (Lipinski definition) is 1. The number of nitrogens with one attached hydrogen (secondary N) is 1. The summed E-state index contributed by atoms with van der Waals surface area (Å²) in [4.78, 5) is 0. The standard InChI is InChI=1S/C7H18ClNSi/c1-5(2)7(10,9-4)6(3)8/h5-6,9H,1-4,10H3. The Labute approximate surface area is 72.0 Å². The van der Waals surface area contributed by atoms with Crippen LogP contribution in [0, 0.1) is 5.92 Å². The molecule has 0 aliphatic heterocycles. The molecule has 3 heteroatoms. The molecule has 0 amide bonds. The van der Waals surface area contributed by atoms with Gasteiger partial charge in [0.1, 0.15) is 0 Å². The van der Waals surface area contributed by atoms with Crippen molar-refractivity contribution in [3.05, 3.63) is 0 Å². The van der Waals surface area contributed by atoms with Crippen LogP contribution in [0.5, 0.6) is 0 Å². The Morgan fingerprint density at radius 3 is 1.80 bits per heavy atom. The van der Waals surface area contributed by atoms with E-state index >= 15 is 0 Å². The Hall–Kier alpha value is 0.467. The number of hydrogen-bond donors (Lipinski definition) is 1. The molecule has 0 saturated heterocycles. The van der Waals surface area contributed by atoms with Gasteiger partial charge in [-0.25, -0.2) is 0 Å². The van der Waals surface area contributed by atoms with Crippen LogP contribution < -0.4 is 5.32 Å². The SMILES string of the molecule is CNC([SiH3])(C(C)C)C(C)Cl. The van der Waals surface area contributed by atoms with E-state index in [2.05, 4.69) is 26.1 Å². The van der Waals surface area contributed by atoms with Crippen molar-refractivity contribution in [1.29, 1.82) is 0 Å². The molecule has 0 aromatic heterocycles. The van der Waals surface area contributed by atoms with Gasteiger partial charge in [0.15, 0.2) is 0 Å². The van der Waals surface area contributed by atoms with E-state index in [4.69, 9.17) is 11.6 Å². The van der Waals surface area contributed by atoms with Crippen molar-refractivity contribution in [3.8, 4) is 0 Å². The van der Waals surface area contributed by atoms with Crippen molar-refractivity contribution in [3.63, 3.8) is 0 Å². The van der Waals surface area contributed by atoms with Crippen molar-refractivity contribution < 1.29 is 0 Å². The highest BCUT2D eigenvalue weighted by molar-refractivity contribution is 6.28. The molecule has 0 saturated carbocycles. The molecule has 1 N–H and O–H groups in total. The Morgan fingerprint density at radius 1 is 1.40 bits per heavy atom. The second-order valence-corrected chi connectivity index (χ2v) is 5.61. The molecule has 0 bridgehead atoms. The first kappa shape index (κ1) is 10.5. The van der Waals surface area contributed by atoms with Gasteiger partial charge in [-0.1, -0.05) is 13.8 Å². The highest BCUT2D eigenvalue weighted by Gasteiger charge is 2.30. The monoisotopic (exact) mass is 179 g/mol. The first-order valence-corrected chi connectivity index (χ1v) is 5.21. The molecule has 1 nitrogen and oxygen atoms in total. The fourth-order valence-electron chi connectivity index (χ4n) is 0.947. The average Bonchev–Trinajstić information content (AvgIpc) is 1.85. The summed E-state index contributed by atoms with van der Waals surface area (Å²) in [7, 11) is 3.09. The number of halogens is 1. The van der Waals surface area contributed by atoms with Crippen molar-refractivity contribution in [1.82, 2.24) is 5.32 Å². The van der Waals surface area contributed by atoms with Gasteiger partial charge < -0.3 is 5.32 Å². The van der Waals surface area contributed by atoms with Crippen molar-refractivity contribution in [2.24, 2.45) is 5.92 Å². The predicted molar refractivity (Wildman–Crippen MR) is 51.9 cm³/mol. The zero-order valence-corrected chi connectivity index (χ0v) is 10.3. The second-order valence-electron chi connectivity index (χ2n) is 3.30. The molecule has 10 heavy (non-hydrogen) atoms. The average molecular weight is 180 g/mol. The lowest BCUT2D eigenvalue weighted by Crippen LogP contribution is -2.54. The Kier molecular flexibility index (Phi) is 3.92. The molecule has 0 spiro atoms. The van der Waals surface area contributed by atoms with E-state index in [-0.39, 0.29) is 10.5 Å². The zero-order chi connectivity index (χ0) is 8.36. The van der Waals surface area contributed by atoms with Crippen LogP contribution >= 0.6 is 11.6 Å². The van der Waals surface area contributed by atoms with E-state index in [1.165, 1.54) is 0 Å². The third-order valence-corrected chi connectivity index (χ3v) is 5.90. The fraction of sp³-hybridized carbons (Fsp3) is 1.00. The topological polar surface area (TPSA) is 12.0 Å². The maximum atomic E-state index is 6.05. The van der Waals surface area contributed by atoms with Gasteiger partial charge in [0.25, 0.3) is 0 Å². The minimum absolute atomic E-state index is 0.196. The highest BCUT2D eigenvalue weighted by Crippen LogP contribution is 2.20. The number of alkyl halides is 1. The van der Waals surface area contributed by atoms with Gasteiger partial charge in [-0.05, 0) is 19.9 Å². The lowest BCUT2D eigenvalue weighted by Gasteiger charge is -2.36. The minimum Gasteiger partial charge on any atom is -0.316 e. The summed E-state index contributed by atoms with van der Waals surface area (Å²) in [5.41, 5.74) is 0. The van der Waals surface area contributed by atoms with Crippen LogP contribution in [-0.4, -0.2) is 27.8 Å². The smallest absolute Gasteiger partial charge is 0.0454 e.